The number of carbonyl (C=O) groups is 1. The van der Waals surface area contributed by atoms with Crippen molar-refractivity contribution in [1.29, 1.82) is 5.26 Å². The summed E-state index contributed by atoms with van der Waals surface area (Å²) in [5.74, 6) is 0.116. The van der Waals surface area contributed by atoms with Crippen molar-refractivity contribution in [2.45, 2.75) is 37.9 Å². The molecule has 0 spiro atoms. The highest BCUT2D eigenvalue weighted by Crippen LogP contribution is 2.28. The lowest BCUT2D eigenvalue weighted by Crippen LogP contribution is -2.37. The first kappa shape index (κ1) is 18.2. The lowest BCUT2D eigenvalue weighted by atomic mass is 9.92. The van der Waals surface area contributed by atoms with E-state index in [-0.39, 0.29) is 22.8 Å². The van der Waals surface area contributed by atoms with Gasteiger partial charge in [-0.05, 0) is 24.3 Å². The fourth-order valence-electron chi connectivity index (χ4n) is 2.63. The Morgan fingerprint density at radius 1 is 1.35 bits per heavy atom. The van der Waals surface area contributed by atoms with Crippen LogP contribution in [0.2, 0.25) is 0 Å². The number of nitriles is 1. The quantitative estimate of drug-likeness (QED) is 0.824. The van der Waals surface area contributed by atoms with Gasteiger partial charge in [0.25, 0.3) is 5.56 Å². The number of thioether (sulfide) groups is 1. The van der Waals surface area contributed by atoms with Gasteiger partial charge in [0.2, 0.25) is 5.91 Å². The molecule has 0 aliphatic carbocycles. The number of benzene rings is 1. The fraction of sp³-hybridized carbons (Fsp3) is 0.368. The van der Waals surface area contributed by atoms with Crippen molar-refractivity contribution in [3.63, 3.8) is 0 Å². The Bertz CT molecular complexity index is 936. The Hall–Kier alpha value is -2.59. The molecule has 0 saturated carbocycles. The van der Waals surface area contributed by atoms with Gasteiger partial charge in [0, 0.05) is 29.5 Å². The summed E-state index contributed by atoms with van der Waals surface area (Å²) >= 11 is 1.43. The molecule has 1 aliphatic heterocycles. The topological polar surface area (TPSA) is 87.8 Å². The van der Waals surface area contributed by atoms with Crippen LogP contribution >= 0.6 is 11.8 Å². The Kier molecular flexibility index (Phi) is 4.88. The SMILES string of the molecule is CC(C)(C)c1cc(=O)n2c(n1)SCC(C(=O)Nc1ccc(C#N)cc1)C2. The molecule has 0 bridgehead atoms. The van der Waals surface area contributed by atoms with Crippen molar-refractivity contribution < 1.29 is 4.79 Å². The van der Waals surface area contributed by atoms with E-state index in [1.54, 1.807) is 34.9 Å². The predicted molar refractivity (Wildman–Crippen MR) is 101 cm³/mol. The predicted octanol–water partition coefficient (Wildman–Crippen LogP) is 2.77. The molecule has 1 aliphatic rings. The molecule has 6 nitrogen and oxygen atoms in total. The summed E-state index contributed by atoms with van der Waals surface area (Å²) in [5.41, 5.74) is 1.62. The molecule has 2 heterocycles. The number of nitrogens with one attached hydrogen (secondary N) is 1. The van der Waals surface area contributed by atoms with Gasteiger partial charge in [0.05, 0.1) is 23.2 Å². The highest BCUT2D eigenvalue weighted by molar-refractivity contribution is 7.99. The largest absolute Gasteiger partial charge is 0.326 e. The molecule has 2 aromatic rings. The molecule has 3 rings (SSSR count). The summed E-state index contributed by atoms with van der Waals surface area (Å²) in [7, 11) is 0. The second-order valence-electron chi connectivity index (χ2n) is 7.31. The van der Waals surface area contributed by atoms with Gasteiger partial charge < -0.3 is 5.32 Å². The van der Waals surface area contributed by atoms with Crippen LogP contribution in [0.4, 0.5) is 5.69 Å². The smallest absolute Gasteiger partial charge is 0.254 e. The maximum absolute atomic E-state index is 12.5. The second-order valence-corrected chi connectivity index (χ2v) is 8.30. The summed E-state index contributed by atoms with van der Waals surface area (Å²) in [6.07, 6.45) is 0. The lowest BCUT2D eigenvalue weighted by molar-refractivity contribution is -0.119. The van der Waals surface area contributed by atoms with Crippen LogP contribution in [0.25, 0.3) is 0 Å². The van der Waals surface area contributed by atoms with Crippen molar-refractivity contribution in [2.24, 2.45) is 5.92 Å². The molecule has 26 heavy (non-hydrogen) atoms. The number of aromatic nitrogens is 2. The molecular formula is C19H20N4O2S. The van der Waals surface area contributed by atoms with Crippen molar-refractivity contribution >= 4 is 23.4 Å². The molecule has 1 amide bonds. The van der Waals surface area contributed by atoms with E-state index < -0.39 is 0 Å². The van der Waals surface area contributed by atoms with Crippen LogP contribution in [0, 0.1) is 17.2 Å². The third-order valence-electron chi connectivity index (χ3n) is 4.21. The van der Waals surface area contributed by atoms with Gasteiger partial charge in [0.1, 0.15) is 0 Å². The number of fused-ring (bicyclic) bond motifs is 1. The third-order valence-corrected chi connectivity index (χ3v) is 5.35. The van der Waals surface area contributed by atoms with Gasteiger partial charge in [-0.3, -0.25) is 14.2 Å². The van der Waals surface area contributed by atoms with Crippen LogP contribution in [0.15, 0.2) is 40.3 Å². The first-order chi connectivity index (χ1) is 12.3. The third kappa shape index (κ3) is 3.81. The maximum Gasteiger partial charge on any atom is 0.254 e. The molecule has 1 atom stereocenters. The number of carbonyl (C=O) groups excluding carboxylic acids is 1. The highest BCUT2D eigenvalue weighted by Gasteiger charge is 2.28. The second kappa shape index (κ2) is 6.96. The standard InChI is InChI=1S/C19H20N4O2S/c1-19(2,3)15-8-16(24)23-10-13(11-26-18(23)22-15)17(25)21-14-6-4-12(9-20)5-7-14/h4-8,13H,10-11H2,1-3H3,(H,21,25). The summed E-state index contributed by atoms with van der Waals surface area (Å²) in [6, 6.07) is 10.3. The van der Waals surface area contributed by atoms with Crippen molar-refractivity contribution in [1.82, 2.24) is 9.55 Å². The number of rotatable bonds is 2. The zero-order chi connectivity index (χ0) is 18.9. The van der Waals surface area contributed by atoms with E-state index in [0.29, 0.717) is 28.7 Å². The number of amides is 1. The summed E-state index contributed by atoms with van der Waals surface area (Å²) in [5, 5.41) is 12.3. The Labute approximate surface area is 156 Å². The van der Waals surface area contributed by atoms with Crippen molar-refractivity contribution in [2.75, 3.05) is 11.1 Å². The molecule has 0 saturated heterocycles. The minimum absolute atomic E-state index is 0.122. The average molecular weight is 368 g/mol. The van der Waals surface area contributed by atoms with Crippen LogP contribution < -0.4 is 10.9 Å². The monoisotopic (exact) mass is 368 g/mol. The Morgan fingerprint density at radius 3 is 2.65 bits per heavy atom. The molecule has 134 valence electrons. The van der Waals surface area contributed by atoms with Crippen LogP contribution in [0.3, 0.4) is 0 Å². The summed E-state index contributed by atoms with van der Waals surface area (Å²) in [6.45, 7) is 6.38. The molecular weight excluding hydrogens is 348 g/mol. The van der Waals surface area contributed by atoms with E-state index in [2.05, 4.69) is 10.3 Å². The van der Waals surface area contributed by atoms with E-state index in [4.69, 9.17) is 5.26 Å². The van der Waals surface area contributed by atoms with Crippen LogP contribution in [-0.2, 0) is 16.8 Å². The maximum atomic E-state index is 12.5. The zero-order valence-electron chi connectivity index (χ0n) is 14.9. The summed E-state index contributed by atoms with van der Waals surface area (Å²) in [4.78, 5) is 29.6. The minimum Gasteiger partial charge on any atom is -0.326 e. The van der Waals surface area contributed by atoms with Crippen LogP contribution in [-0.4, -0.2) is 21.2 Å². The first-order valence-electron chi connectivity index (χ1n) is 8.34. The molecule has 1 unspecified atom stereocenters. The lowest BCUT2D eigenvalue weighted by Gasteiger charge is -2.26. The van der Waals surface area contributed by atoms with Gasteiger partial charge >= 0.3 is 0 Å². The Morgan fingerprint density at radius 2 is 2.04 bits per heavy atom. The van der Waals surface area contributed by atoms with E-state index in [9.17, 15) is 9.59 Å². The molecule has 1 N–H and O–H groups in total. The number of anilines is 1. The van der Waals surface area contributed by atoms with Gasteiger partial charge in [-0.15, -0.1) is 0 Å². The van der Waals surface area contributed by atoms with Gasteiger partial charge in [-0.1, -0.05) is 32.5 Å². The Balaban J connectivity index is 1.76. The van der Waals surface area contributed by atoms with Crippen LogP contribution in [0.5, 0.6) is 0 Å². The molecule has 1 aromatic carbocycles. The zero-order valence-corrected chi connectivity index (χ0v) is 15.8. The number of nitrogens with zero attached hydrogens (tertiary/aromatic N) is 3. The fourth-order valence-corrected chi connectivity index (χ4v) is 3.72. The van der Waals surface area contributed by atoms with Gasteiger partial charge in [-0.2, -0.15) is 5.26 Å². The van der Waals surface area contributed by atoms with E-state index >= 15 is 0 Å². The van der Waals surface area contributed by atoms with Crippen LogP contribution in [0.1, 0.15) is 32.0 Å². The molecule has 0 radical (unpaired) electrons. The number of hydrogen-bond donors (Lipinski definition) is 1. The van der Waals surface area contributed by atoms with E-state index in [1.165, 1.54) is 11.8 Å². The van der Waals surface area contributed by atoms with E-state index in [1.807, 2.05) is 26.8 Å². The molecule has 1 aromatic heterocycles. The number of hydrogen-bond acceptors (Lipinski definition) is 5. The van der Waals surface area contributed by atoms with Crippen molar-refractivity contribution in [3.05, 3.63) is 51.9 Å². The van der Waals surface area contributed by atoms with Gasteiger partial charge in [0.15, 0.2) is 5.16 Å². The van der Waals surface area contributed by atoms with E-state index in [0.717, 1.165) is 5.69 Å². The molecule has 7 heteroatoms. The van der Waals surface area contributed by atoms with Crippen molar-refractivity contribution in [3.8, 4) is 6.07 Å². The average Bonchev–Trinajstić information content (AvgIpc) is 2.61. The normalized spacial score (nSPS) is 16.5. The van der Waals surface area contributed by atoms with Gasteiger partial charge in [-0.25, -0.2) is 4.98 Å². The highest BCUT2D eigenvalue weighted by atomic mass is 32.2. The first-order valence-corrected chi connectivity index (χ1v) is 9.32. The minimum atomic E-state index is -0.317. The molecule has 0 fully saturated rings. The summed E-state index contributed by atoms with van der Waals surface area (Å²) < 4.78 is 1.58.